The van der Waals surface area contributed by atoms with E-state index < -0.39 is 5.97 Å². The van der Waals surface area contributed by atoms with Gasteiger partial charge in [-0.1, -0.05) is 6.07 Å². The van der Waals surface area contributed by atoms with Crippen LogP contribution in [0.15, 0.2) is 18.2 Å². The number of benzene rings is 1. The molecular formula is C15H20FNO3. The Bertz CT molecular complexity index is 492. The number of hydrogen-bond donors (Lipinski definition) is 1. The first-order valence-electron chi connectivity index (χ1n) is 6.80. The Balaban J connectivity index is 2.00. The van der Waals surface area contributed by atoms with Crippen molar-refractivity contribution in [2.75, 3.05) is 13.7 Å². The molecule has 0 aliphatic carbocycles. The molecule has 1 heterocycles. The second kappa shape index (κ2) is 6.22. The summed E-state index contributed by atoms with van der Waals surface area (Å²) in [7, 11) is 1.44. The van der Waals surface area contributed by atoms with Crippen LogP contribution < -0.4 is 4.74 Å². The van der Waals surface area contributed by atoms with E-state index in [1.807, 2.05) is 13.0 Å². The molecule has 1 saturated heterocycles. The number of rotatable bonds is 4. The number of carboxylic acid groups (broad SMARTS) is 1. The quantitative estimate of drug-likeness (QED) is 0.921. The van der Waals surface area contributed by atoms with Gasteiger partial charge in [-0.3, -0.25) is 9.69 Å². The fraction of sp³-hybridized carbons (Fsp3) is 0.533. The van der Waals surface area contributed by atoms with Crippen molar-refractivity contribution >= 4 is 5.97 Å². The average molecular weight is 281 g/mol. The molecule has 0 amide bonds. The summed E-state index contributed by atoms with van der Waals surface area (Å²) in [6.07, 6.45) is 1.30. The molecule has 1 N–H and O–H groups in total. The van der Waals surface area contributed by atoms with Crippen LogP contribution in [0.25, 0.3) is 0 Å². The molecule has 0 saturated carbocycles. The molecule has 2 rings (SSSR count). The van der Waals surface area contributed by atoms with Gasteiger partial charge in [-0.25, -0.2) is 4.39 Å². The summed E-state index contributed by atoms with van der Waals surface area (Å²) in [6, 6.07) is 5.14. The van der Waals surface area contributed by atoms with Crippen molar-refractivity contribution in [1.29, 1.82) is 0 Å². The molecule has 110 valence electrons. The fourth-order valence-electron chi connectivity index (χ4n) is 2.72. The summed E-state index contributed by atoms with van der Waals surface area (Å²) >= 11 is 0. The van der Waals surface area contributed by atoms with Gasteiger partial charge in [0.2, 0.25) is 0 Å². The highest BCUT2D eigenvalue weighted by atomic mass is 19.1. The summed E-state index contributed by atoms with van der Waals surface area (Å²) < 4.78 is 18.5. The van der Waals surface area contributed by atoms with Crippen LogP contribution in [0, 0.1) is 11.7 Å². The molecule has 20 heavy (non-hydrogen) atoms. The second-order valence-electron chi connectivity index (χ2n) is 5.35. The van der Waals surface area contributed by atoms with Gasteiger partial charge in [0.15, 0.2) is 11.6 Å². The van der Waals surface area contributed by atoms with E-state index in [9.17, 15) is 9.18 Å². The summed E-state index contributed by atoms with van der Waals surface area (Å²) in [6.45, 7) is 3.38. The van der Waals surface area contributed by atoms with E-state index in [4.69, 9.17) is 9.84 Å². The van der Waals surface area contributed by atoms with Gasteiger partial charge in [-0.2, -0.15) is 0 Å². The Morgan fingerprint density at radius 2 is 2.30 bits per heavy atom. The van der Waals surface area contributed by atoms with Crippen LogP contribution in [0.1, 0.15) is 25.3 Å². The number of methoxy groups -OCH3 is 1. The molecule has 2 unspecified atom stereocenters. The van der Waals surface area contributed by atoms with Gasteiger partial charge in [-0.05, 0) is 44.0 Å². The smallest absolute Gasteiger partial charge is 0.306 e. The van der Waals surface area contributed by atoms with E-state index in [1.165, 1.54) is 13.2 Å². The first-order valence-corrected chi connectivity index (χ1v) is 6.80. The zero-order valence-corrected chi connectivity index (χ0v) is 11.8. The Hall–Kier alpha value is -1.62. The monoisotopic (exact) mass is 281 g/mol. The van der Waals surface area contributed by atoms with Crippen LogP contribution in [0.4, 0.5) is 4.39 Å². The third kappa shape index (κ3) is 3.28. The van der Waals surface area contributed by atoms with Crippen LogP contribution in [0.3, 0.4) is 0 Å². The van der Waals surface area contributed by atoms with Crippen molar-refractivity contribution < 1.29 is 19.0 Å². The molecule has 1 aliphatic rings. The molecule has 2 atom stereocenters. The largest absolute Gasteiger partial charge is 0.494 e. The minimum Gasteiger partial charge on any atom is -0.494 e. The van der Waals surface area contributed by atoms with Crippen LogP contribution in [-0.4, -0.2) is 35.7 Å². The van der Waals surface area contributed by atoms with Crippen LogP contribution in [0.2, 0.25) is 0 Å². The SMILES string of the molecule is COc1ccc(CN2CCC(C(=O)O)CC2C)cc1F. The first-order chi connectivity index (χ1) is 9.51. The maximum atomic E-state index is 13.6. The van der Waals surface area contributed by atoms with Crippen LogP contribution >= 0.6 is 0 Å². The summed E-state index contributed by atoms with van der Waals surface area (Å²) in [4.78, 5) is 13.2. The Morgan fingerprint density at radius 1 is 1.55 bits per heavy atom. The molecule has 1 aliphatic heterocycles. The molecule has 1 aromatic rings. The third-order valence-corrected chi connectivity index (χ3v) is 3.96. The lowest BCUT2D eigenvalue weighted by Gasteiger charge is -2.36. The predicted octanol–water partition coefficient (Wildman–Crippen LogP) is 2.52. The highest BCUT2D eigenvalue weighted by molar-refractivity contribution is 5.70. The van der Waals surface area contributed by atoms with Gasteiger partial charge >= 0.3 is 5.97 Å². The maximum absolute atomic E-state index is 13.6. The van der Waals surface area contributed by atoms with E-state index in [1.54, 1.807) is 6.07 Å². The highest BCUT2D eigenvalue weighted by Crippen LogP contribution is 2.25. The Labute approximate surface area is 118 Å². The van der Waals surface area contributed by atoms with Crippen molar-refractivity contribution in [3.63, 3.8) is 0 Å². The molecule has 1 fully saturated rings. The standard InChI is InChI=1S/C15H20FNO3/c1-10-7-12(15(18)19)5-6-17(10)9-11-3-4-14(20-2)13(16)8-11/h3-4,8,10,12H,5-7,9H2,1-2H3,(H,18,19). The third-order valence-electron chi connectivity index (χ3n) is 3.96. The van der Waals surface area contributed by atoms with Crippen molar-refractivity contribution in [3.8, 4) is 5.75 Å². The number of ether oxygens (including phenoxy) is 1. The number of carbonyl (C=O) groups is 1. The predicted molar refractivity (Wildman–Crippen MR) is 73.2 cm³/mol. The summed E-state index contributed by atoms with van der Waals surface area (Å²) in [5.74, 6) is -1.09. The number of hydrogen-bond acceptors (Lipinski definition) is 3. The average Bonchev–Trinajstić information content (AvgIpc) is 2.41. The maximum Gasteiger partial charge on any atom is 0.306 e. The van der Waals surface area contributed by atoms with E-state index in [2.05, 4.69) is 4.90 Å². The van der Waals surface area contributed by atoms with Crippen LogP contribution in [-0.2, 0) is 11.3 Å². The lowest BCUT2D eigenvalue weighted by molar-refractivity contribution is -0.144. The number of aliphatic carboxylic acids is 1. The van der Waals surface area contributed by atoms with Crippen molar-refractivity contribution in [3.05, 3.63) is 29.6 Å². The molecule has 0 radical (unpaired) electrons. The minimum absolute atomic E-state index is 0.190. The van der Waals surface area contributed by atoms with Crippen LogP contribution in [0.5, 0.6) is 5.75 Å². The molecular weight excluding hydrogens is 261 g/mol. The van der Waals surface area contributed by atoms with Crippen molar-refractivity contribution in [1.82, 2.24) is 4.90 Å². The Kier molecular flexibility index (Phi) is 4.60. The van der Waals surface area contributed by atoms with E-state index in [-0.39, 0.29) is 23.5 Å². The molecule has 4 nitrogen and oxygen atoms in total. The van der Waals surface area contributed by atoms with E-state index >= 15 is 0 Å². The first kappa shape index (κ1) is 14.8. The number of halogens is 1. The molecule has 0 aromatic heterocycles. The summed E-state index contributed by atoms with van der Waals surface area (Å²) in [5.41, 5.74) is 0.879. The normalized spacial score (nSPS) is 23.6. The van der Waals surface area contributed by atoms with Gasteiger partial charge in [0.05, 0.1) is 13.0 Å². The molecule has 5 heteroatoms. The number of likely N-dealkylation sites (tertiary alicyclic amines) is 1. The number of piperidine rings is 1. The number of nitrogens with zero attached hydrogens (tertiary/aromatic N) is 1. The lowest BCUT2D eigenvalue weighted by atomic mass is 9.91. The zero-order valence-electron chi connectivity index (χ0n) is 11.8. The van der Waals surface area contributed by atoms with Crippen molar-refractivity contribution in [2.24, 2.45) is 5.92 Å². The zero-order chi connectivity index (χ0) is 14.7. The van der Waals surface area contributed by atoms with Gasteiger partial charge in [0.1, 0.15) is 0 Å². The van der Waals surface area contributed by atoms with Gasteiger partial charge < -0.3 is 9.84 Å². The van der Waals surface area contributed by atoms with Gasteiger partial charge in [-0.15, -0.1) is 0 Å². The Morgan fingerprint density at radius 3 is 2.85 bits per heavy atom. The van der Waals surface area contributed by atoms with Gasteiger partial charge in [0.25, 0.3) is 0 Å². The van der Waals surface area contributed by atoms with E-state index in [0.717, 1.165) is 12.1 Å². The number of carboxylic acids is 1. The molecule has 1 aromatic carbocycles. The molecule has 0 bridgehead atoms. The van der Waals surface area contributed by atoms with Crippen molar-refractivity contribution in [2.45, 2.75) is 32.4 Å². The topological polar surface area (TPSA) is 49.8 Å². The second-order valence-corrected chi connectivity index (χ2v) is 5.35. The highest BCUT2D eigenvalue weighted by Gasteiger charge is 2.29. The lowest BCUT2D eigenvalue weighted by Crippen LogP contribution is -2.42. The summed E-state index contributed by atoms with van der Waals surface area (Å²) in [5, 5.41) is 9.04. The fourth-order valence-corrected chi connectivity index (χ4v) is 2.72. The van der Waals surface area contributed by atoms with Gasteiger partial charge in [0, 0.05) is 12.6 Å². The molecule has 0 spiro atoms. The van der Waals surface area contributed by atoms with E-state index in [0.29, 0.717) is 19.4 Å². The minimum atomic E-state index is -0.716.